The molecule has 6 heteroatoms. The van der Waals surface area contributed by atoms with Crippen molar-refractivity contribution in [1.29, 1.82) is 0 Å². The molecule has 0 spiro atoms. The molecule has 1 amide bonds. The van der Waals surface area contributed by atoms with Crippen LogP contribution in [-0.4, -0.2) is 51.4 Å². The first-order chi connectivity index (χ1) is 12.5. The lowest BCUT2D eigenvalue weighted by atomic mass is 10.1. The van der Waals surface area contributed by atoms with Gasteiger partial charge in [0.15, 0.2) is 0 Å². The molecular formula is C20H26N4O2. The van der Waals surface area contributed by atoms with Crippen molar-refractivity contribution in [1.82, 2.24) is 19.4 Å². The molecule has 6 nitrogen and oxygen atoms in total. The van der Waals surface area contributed by atoms with Gasteiger partial charge in [-0.1, -0.05) is 6.07 Å². The van der Waals surface area contributed by atoms with Crippen molar-refractivity contribution >= 4 is 5.91 Å². The van der Waals surface area contributed by atoms with Crippen LogP contribution in [0.15, 0.2) is 47.5 Å². The maximum Gasteiger partial charge on any atom is 0.254 e. The minimum absolute atomic E-state index is 0.0456. The van der Waals surface area contributed by atoms with Crippen LogP contribution < -0.4 is 5.56 Å². The highest BCUT2D eigenvalue weighted by Gasteiger charge is 2.24. The third-order valence-corrected chi connectivity index (χ3v) is 5.10. The summed E-state index contributed by atoms with van der Waals surface area (Å²) in [6, 6.07) is 9.55. The van der Waals surface area contributed by atoms with Gasteiger partial charge in [-0.2, -0.15) is 0 Å². The van der Waals surface area contributed by atoms with Gasteiger partial charge >= 0.3 is 0 Å². The van der Waals surface area contributed by atoms with E-state index in [2.05, 4.69) is 16.9 Å². The molecule has 0 aromatic carbocycles. The number of aryl methyl sites for hydroxylation is 1. The highest BCUT2D eigenvalue weighted by molar-refractivity contribution is 5.94. The van der Waals surface area contributed by atoms with Crippen LogP contribution in [0.25, 0.3) is 0 Å². The Bertz CT molecular complexity index is 803. The summed E-state index contributed by atoms with van der Waals surface area (Å²) < 4.78 is 1.47. The van der Waals surface area contributed by atoms with Crippen LogP contribution in [0.2, 0.25) is 0 Å². The van der Waals surface area contributed by atoms with Crippen LogP contribution >= 0.6 is 0 Å². The van der Waals surface area contributed by atoms with Crippen molar-refractivity contribution in [2.75, 3.05) is 20.1 Å². The zero-order valence-corrected chi connectivity index (χ0v) is 15.5. The van der Waals surface area contributed by atoms with Crippen molar-refractivity contribution in [3.8, 4) is 0 Å². The van der Waals surface area contributed by atoms with Gasteiger partial charge in [-0.15, -0.1) is 0 Å². The van der Waals surface area contributed by atoms with Gasteiger partial charge in [-0.3, -0.25) is 19.5 Å². The minimum atomic E-state index is -0.154. The Hall–Kier alpha value is -2.47. The number of pyridine rings is 2. The number of amides is 1. The molecule has 1 aliphatic heterocycles. The summed E-state index contributed by atoms with van der Waals surface area (Å²) >= 11 is 0. The molecule has 0 saturated carbocycles. The summed E-state index contributed by atoms with van der Waals surface area (Å²) in [7, 11) is 3.81. The predicted octanol–water partition coefficient (Wildman–Crippen LogP) is 1.91. The van der Waals surface area contributed by atoms with E-state index >= 15 is 0 Å². The first-order valence-electron chi connectivity index (χ1n) is 9.10. The molecule has 0 bridgehead atoms. The third kappa shape index (κ3) is 4.38. The Balaban J connectivity index is 1.61. The monoisotopic (exact) mass is 354 g/mol. The number of carbonyl (C=O) groups excluding carboxylic acids is 1. The van der Waals surface area contributed by atoms with Gasteiger partial charge in [0.1, 0.15) is 0 Å². The second kappa shape index (κ2) is 8.27. The second-order valence-electron chi connectivity index (χ2n) is 6.98. The van der Waals surface area contributed by atoms with Crippen LogP contribution in [0, 0.1) is 0 Å². The first-order valence-corrected chi connectivity index (χ1v) is 9.10. The summed E-state index contributed by atoms with van der Waals surface area (Å²) in [6.07, 6.45) is 6.43. The molecule has 138 valence electrons. The summed E-state index contributed by atoms with van der Waals surface area (Å²) in [4.78, 5) is 33.1. The van der Waals surface area contributed by atoms with Gasteiger partial charge in [0, 0.05) is 56.7 Å². The number of carbonyl (C=O) groups is 1. The Morgan fingerprint density at radius 3 is 2.85 bits per heavy atom. The number of hydrogen-bond acceptors (Lipinski definition) is 4. The predicted molar refractivity (Wildman–Crippen MR) is 101 cm³/mol. The molecule has 1 saturated heterocycles. The molecule has 2 aromatic heterocycles. The highest BCUT2D eigenvalue weighted by Crippen LogP contribution is 2.18. The zero-order chi connectivity index (χ0) is 18.5. The Kier molecular flexibility index (Phi) is 5.83. The molecule has 1 fully saturated rings. The highest BCUT2D eigenvalue weighted by atomic mass is 16.2. The maximum absolute atomic E-state index is 12.7. The summed E-state index contributed by atoms with van der Waals surface area (Å²) in [5, 5.41) is 0. The van der Waals surface area contributed by atoms with Gasteiger partial charge < -0.3 is 9.47 Å². The van der Waals surface area contributed by atoms with E-state index in [-0.39, 0.29) is 11.5 Å². The number of rotatable bonds is 4. The zero-order valence-electron chi connectivity index (χ0n) is 15.5. The lowest BCUT2D eigenvalue weighted by molar-refractivity contribution is 0.0757. The van der Waals surface area contributed by atoms with Gasteiger partial charge in [0.25, 0.3) is 11.5 Å². The molecule has 3 heterocycles. The summed E-state index contributed by atoms with van der Waals surface area (Å²) in [6.45, 7) is 2.27. The van der Waals surface area contributed by atoms with Crippen LogP contribution in [0.4, 0.5) is 0 Å². The van der Waals surface area contributed by atoms with Crippen LogP contribution in [-0.2, 0) is 13.6 Å². The normalized spacial score (nSPS) is 18.0. The molecule has 1 unspecified atom stereocenters. The molecule has 1 atom stereocenters. The minimum Gasteiger partial charge on any atom is -0.339 e. The van der Waals surface area contributed by atoms with E-state index in [4.69, 9.17) is 0 Å². The van der Waals surface area contributed by atoms with E-state index in [0.717, 1.165) is 38.0 Å². The third-order valence-electron chi connectivity index (χ3n) is 5.10. The number of hydrogen-bond donors (Lipinski definition) is 0. The van der Waals surface area contributed by atoms with E-state index in [1.54, 1.807) is 19.3 Å². The van der Waals surface area contributed by atoms with Crippen molar-refractivity contribution in [2.24, 2.45) is 7.05 Å². The second-order valence-corrected chi connectivity index (χ2v) is 6.98. The van der Waals surface area contributed by atoms with Crippen molar-refractivity contribution in [3.05, 3.63) is 64.3 Å². The smallest absolute Gasteiger partial charge is 0.254 e. The van der Waals surface area contributed by atoms with Gasteiger partial charge in [0.2, 0.25) is 0 Å². The van der Waals surface area contributed by atoms with Gasteiger partial charge in [0.05, 0.1) is 5.69 Å². The fraction of sp³-hybridized carbons (Fsp3) is 0.450. The van der Waals surface area contributed by atoms with Crippen molar-refractivity contribution in [3.63, 3.8) is 0 Å². The van der Waals surface area contributed by atoms with Gasteiger partial charge in [-0.25, -0.2) is 0 Å². The quantitative estimate of drug-likeness (QED) is 0.842. The Labute approximate surface area is 154 Å². The summed E-state index contributed by atoms with van der Waals surface area (Å²) in [5.74, 6) is -0.0456. The van der Waals surface area contributed by atoms with Gasteiger partial charge in [-0.05, 0) is 44.5 Å². The molecular weight excluding hydrogens is 328 g/mol. The fourth-order valence-corrected chi connectivity index (χ4v) is 3.46. The number of aromatic nitrogens is 2. The fourth-order valence-electron chi connectivity index (χ4n) is 3.46. The average molecular weight is 354 g/mol. The standard InChI is InChI=1S/C20H26N4O2/c1-22-12-8-16(14-19(22)25)20(26)24-11-5-7-18(9-13-24)23(2)15-17-6-3-4-10-21-17/h3-4,6,8,10,12,14,18H,5,7,9,11,13,15H2,1-2H3. The van der Waals surface area contributed by atoms with E-state index in [0.29, 0.717) is 18.2 Å². The summed E-state index contributed by atoms with van der Waals surface area (Å²) in [5.41, 5.74) is 1.39. The lowest BCUT2D eigenvalue weighted by Gasteiger charge is -2.27. The maximum atomic E-state index is 12.7. The Morgan fingerprint density at radius 2 is 2.12 bits per heavy atom. The molecule has 3 rings (SSSR count). The lowest BCUT2D eigenvalue weighted by Crippen LogP contribution is -2.35. The van der Waals surface area contributed by atoms with Crippen molar-refractivity contribution < 1.29 is 4.79 Å². The number of likely N-dealkylation sites (tertiary alicyclic amines) is 1. The van der Waals surface area contributed by atoms with Crippen LogP contribution in [0.5, 0.6) is 0 Å². The molecule has 1 aliphatic rings. The SMILES string of the molecule is CN(Cc1ccccn1)C1CCCN(C(=O)c2ccn(C)c(=O)c2)CC1. The largest absolute Gasteiger partial charge is 0.339 e. The average Bonchev–Trinajstić information content (AvgIpc) is 2.90. The topological polar surface area (TPSA) is 58.4 Å². The number of nitrogens with zero attached hydrogens (tertiary/aromatic N) is 4. The Morgan fingerprint density at radius 1 is 1.27 bits per heavy atom. The van der Waals surface area contributed by atoms with Crippen LogP contribution in [0.3, 0.4) is 0 Å². The van der Waals surface area contributed by atoms with E-state index in [9.17, 15) is 9.59 Å². The molecule has 0 radical (unpaired) electrons. The van der Waals surface area contributed by atoms with E-state index in [1.165, 1.54) is 10.6 Å². The molecule has 26 heavy (non-hydrogen) atoms. The first kappa shape index (κ1) is 18.3. The molecule has 0 N–H and O–H groups in total. The molecule has 2 aromatic rings. The van der Waals surface area contributed by atoms with E-state index in [1.807, 2.05) is 29.3 Å². The van der Waals surface area contributed by atoms with Crippen molar-refractivity contribution in [2.45, 2.75) is 31.8 Å². The van der Waals surface area contributed by atoms with E-state index < -0.39 is 0 Å². The van der Waals surface area contributed by atoms with Crippen LogP contribution in [0.1, 0.15) is 35.3 Å². The molecule has 0 aliphatic carbocycles.